The van der Waals surface area contributed by atoms with Crippen LogP contribution in [0.4, 0.5) is 0 Å². The molecule has 0 unspecified atom stereocenters. The SMILES string of the molecule is C#CCc1csc(SC)n1. The van der Waals surface area contributed by atoms with Crippen molar-refractivity contribution < 1.29 is 0 Å². The summed E-state index contributed by atoms with van der Waals surface area (Å²) in [6.45, 7) is 0. The van der Waals surface area contributed by atoms with Crippen molar-refractivity contribution in [2.75, 3.05) is 6.26 Å². The van der Waals surface area contributed by atoms with Crippen LogP contribution in [0.3, 0.4) is 0 Å². The van der Waals surface area contributed by atoms with E-state index in [4.69, 9.17) is 6.42 Å². The fourth-order valence-corrected chi connectivity index (χ4v) is 1.85. The molecule has 0 aliphatic carbocycles. The predicted molar refractivity (Wildman–Crippen MR) is 46.4 cm³/mol. The van der Waals surface area contributed by atoms with Crippen LogP contribution in [0.5, 0.6) is 0 Å². The molecule has 52 valence electrons. The Labute approximate surface area is 68.9 Å². The zero-order valence-electron chi connectivity index (χ0n) is 5.63. The van der Waals surface area contributed by atoms with Gasteiger partial charge in [-0.2, -0.15) is 0 Å². The summed E-state index contributed by atoms with van der Waals surface area (Å²) >= 11 is 3.30. The van der Waals surface area contributed by atoms with Crippen LogP contribution in [0, 0.1) is 12.3 Å². The quantitative estimate of drug-likeness (QED) is 0.496. The van der Waals surface area contributed by atoms with Crippen molar-refractivity contribution in [3.63, 3.8) is 0 Å². The molecule has 0 bridgehead atoms. The highest BCUT2D eigenvalue weighted by atomic mass is 32.2. The summed E-state index contributed by atoms with van der Waals surface area (Å²) in [5.41, 5.74) is 1.01. The summed E-state index contributed by atoms with van der Waals surface area (Å²) in [5, 5.41) is 2.01. The van der Waals surface area contributed by atoms with Gasteiger partial charge in [-0.3, -0.25) is 0 Å². The van der Waals surface area contributed by atoms with Crippen LogP contribution in [-0.4, -0.2) is 11.2 Å². The lowest BCUT2D eigenvalue weighted by Gasteiger charge is -1.82. The normalized spacial score (nSPS) is 9.20. The zero-order chi connectivity index (χ0) is 7.40. The molecule has 0 amide bonds. The van der Waals surface area contributed by atoms with Gasteiger partial charge in [-0.15, -0.1) is 23.7 Å². The van der Waals surface area contributed by atoms with Crippen LogP contribution < -0.4 is 0 Å². The summed E-state index contributed by atoms with van der Waals surface area (Å²) < 4.78 is 1.09. The van der Waals surface area contributed by atoms with Gasteiger partial charge in [-0.25, -0.2) is 4.98 Å². The molecule has 3 heteroatoms. The molecule has 1 aromatic rings. The standard InChI is InChI=1S/C7H7NS2/c1-3-4-6-5-10-7(8-6)9-2/h1,5H,4H2,2H3. The average molecular weight is 169 g/mol. The Hall–Kier alpha value is -0.460. The predicted octanol–water partition coefficient (Wildman–Crippen LogP) is 2.04. The van der Waals surface area contributed by atoms with Crippen molar-refractivity contribution in [1.82, 2.24) is 4.98 Å². The molecule has 1 nitrogen and oxygen atoms in total. The van der Waals surface area contributed by atoms with Crippen molar-refractivity contribution in [2.24, 2.45) is 0 Å². The molecule has 0 aliphatic heterocycles. The van der Waals surface area contributed by atoms with Crippen molar-refractivity contribution >= 4 is 23.1 Å². The third kappa shape index (κ3) is 1.76. The van der Waals surface area contributed by atoms with E-state index in [2.05, 4.69) is 10.9 Å². The summed E-state index contributed by atoms with van der Waals surface area (Å²) in [6, 6.07) is 0. The number of thiazole rings is 1. The first-order valence-electron chi connectivity index (χ1n) is 2.78. The van der Waals surface area contributed by atoms with Gasteiger partial charge in [0.05, 0.1) is 12.1 Å². The van der Waals surface area contributed by atoms with E-state index in [1.165, 1.54) is 0 Å². The molecule has 0 atom stereocenters. The van der Waals surface area contributed by atoms with Crippen LogP contribution in [0.2, 0.25) is 0 Å². The van der Waals surface area contributed by atoms with Crippen LogP contribution in [0.1, 0.15) is 5.69 Å². The number of hydrogen-bond acceptors (Lipinski definition) is 3. The maximum Gasteiger partial charge on any atom is 0.149 e. The molecule has 1 rings (SSSR count). The summed E-state index contributed by atoms with van der Waals surface area (Å²) in [6.07, 6.45) is 7.78. The molecule has 1 aromatic heterocycles. The summed E-state index contributed by atoms with van der Waals surface area (Å²) in [7, 11) is 0. The fourth-order valence-electron chi connectivity index (χ4n) is 0.568. The van der Waals surface area contributed by atoms with Gasteiger partial charge in [-0.1, -0.05) is 11.8 Å². The highest BCUT2D eigenvalue weighted by molar-refractivity contribution is 8.00. The molecule has 1 heterocycles. The van der Waals surface area contributed by atoms with E-state index in [0.717, 1.165) is 10.0 Å². The molecule has 0 fully saturated rings. The Bertz CT molecular complexity index is 246. The van der Waals surface area contributed by atoms with Gasteiger partial charge >= 0.3 is 0 Å². The first-order chi connectivity index (χ1) is 4.86. The Morgan fingerprint density at radius 1 is 1.90 bits per heavy atom. The number of hydrogen-bond donors (Lipinski definition) is 0. The maximum atomic E-state index is 5.12. The van der Waals surface area contributed by atoms with Crippen LogP contribution >= 0.6 is 23.1 Å². The molecule has 0 aliphatic rings. The molecule has 0 spiro atoms. The zero-order valence-corrected chi connectivity index (χ0v) is 7.26. The number of nitrogens with zero attached hydrogens (tertiary/aromatic N) is 1. The van der Waals surface area contributed by atoms with Gasteiger partial charge < -0.3 is 0 Å². The number of thioether (sulfide) groups is 1. The molecule has 0 N–H and O–H groups in total. The van der Waals surface area contributed by atoms with E-state index in [1.807, 2.05) is 11.6 Å². The number of aromatic nitrogens is 1. The van der Waals surface area contributed by atoms with Gasteiger partial charge in [0.15, 0.2) is 0 Å². The van der Waals surface area contributed by atoms with Crippen LogP contribution in [-0.2, 0) is 6.42 Å². The minimum Gasteiger partial charge on any atom is -0.234 e. The topological polar surface area (TPSA) is 12.9 Å². The van der Waals surface area contributed by atoms with Crippen molar-refractivity contribution in [3.8, 4) is 12.3 Å². The Morgan fingerprint density at radius 3 is 3.20 bits per heavy atom. The average Bonchev–Trinajstić information content (AvgIpc) is 2.37. The van der Waals surface area contributed by atoms with Gasteiger partial charge in [0.2, 0.25) is 0 Å². The highest BCUT2D eigenvalue weighted by Crippen LogP contribution is 2.19. The third-order valence-corrected chi connectivity index (χ3v) is 2.90. The van der Waals surface area contributed by atoms with Gasteiger partial charge in [0.25, 0.3) is 0 Å². The molecule has 0 aromatic carbocycles. The second kappa shape index (κ2) is 3.65. The largest absolute Gasteiger partial charge is 0.234 e. The van der Waals surface area contributed by atoms with Crippen molar-refractivity contribution in [1.29, 1.82) is 0 Å². The molecule has 0 radical (unpaired) electrons. The lowest BCUT2D eigenvalue weighted by atomic mass is 10.4. The maximum absolute atomic E-state index is 5.12. The molecule has 0 saturated heterocycles. The van der Waals surface area contributed by atoms with Gasteiger partial charge in [-0.05, 0) is 6.26 Å². The fraction of sp³-hybridized carbons (Fsp3) is 0.286. The molecular weight excluding hydrogens is 162 g/mol. The van der Waals surface area contributed by atoms with E-state index >= 15 is 0 Å². The summed E-state index contributed by atoms with van der Waals surface area (Å²) in [4.78, 5) is 4.26. The second-order valence-electron chi connectivity index (χ2n) is 1.69. The second-order valence-corrected chi connectivity index (χ2v) is 3.60. The van der Waals surface area contributed by atoms with Crippen molar-refractivity contribution in [3.05, 3.63) is 11.1 Å². The van der Waals surface area contributed by atoms with Crippen LogP contribution in [0.15, 0.2) is 9.72 Å². The monoisotopic (exact) mass is 169 g/mol. The minimum absolute atomic E-state index is 0.650. The minimum atomic E-state index is 0.650. The molecule has 0 saturated carbocycles. The van der Waals surface area contributed by atoms with E-state index in [0.29, 0.717) is 6.42 Å². The number of terminal acetylenes is 1. The van der Waals surface area contributed by atoms with E-state index < -0.39 is 0 Å². The Kier molecular flexibility index (Phi) is 2.79. The van der Waals surface area contributed by atoms with E-state index in [1.54, 1.807) is 23.1 Å². The van der Waals surface area contributed by atoms with E-state index in [9.17, 15) is 0 Å². The van der Waals surface area contributed by atoms with Crippen LogP contribution in [0.25, 0.3) is 0 Å². The Balaban J connectivity index is 2.70. The lowest BCUT2D eigenvalue weighted by Crippen LogP contribution is -1.78. The first-order valence-corrected chi connectivity index (χ1v) is 4.89. The Morgan fingerprint density at radius 2 is 2.70 bits per heavy atom. The van der Waals surface area contributed by atoms with E-state index in [-0.39, 0.29) is 0 Å². The van der Waals surface area contributed by atoms with Gasteiger partial charge in [0.1, 0.15) is 4.34 Å². The first kappa shape index (κ1) is 7.64. The summed E-state index contributed by atoms with van der Waals surface area (Å²) in [5.74, 6) is 2.56. The number of rotatable bonds is 2. The highest BCUT2D eigenvalue weighted by Gasteiger charge is 1.96. The molecular formula is C7H7NS2. The van der Waals surface area contributed by atoms with Crippen molar-refractivity contribution in [2.45, 2.75) is 10.8 Å². The smallest absolute Gasteiger partial charge is 0.149 e. The third-order valence-electron chi connectivity index (χ3n) is 0.988. The lowest BCUT2D eigenvalue weighted by molar-refractivity contribution is 1.11. The molecule has 10 heavy (non-hydrogen) atoms. The van der Waals surface area contributed by atoms with Gasteiger partial charge in [0, 0.05) is 5.38 Å².